The SMILES string of the molecule is COc1ccccc1NS(=O)(=O)c1cccc(Nc2cc(-c3ccc(O)cc3)ncn2)c1. The van der Waals surface area contributed by atoms with Crippen molar-refractivity contribution in [3.05, 3.63) is 85.2 Å². The summed E-state index contributed by atoms with van der Waals surface area (Å²) >= 11 is 0. The van der Waals surface area contributed by atoms with Crippen LogP contribution in [0.3, 0.4) is 0 Å². The highest BCUT2D eigenvalue weighted by atomic mass is 32.2. The highest BCUT2D eigenvalue weighted by Crippen LogP contribution is 2.28. The normalized spacial score (nSPS) is 11.0. The molecular formula is C23H20N4O4S. The van der Waals surface area contributed by atoms with Gasteiger partial charge in [0.05, 0.1) is 23.4 Å². The van der Waals surface area contributed by atoms with Gasteiger partial charge in [0.1, 0.15) is 23.6 Å². The number of ether oxygens (including phenoxy) is 1. The first kappa shape index (κ1) is 21.1. The Kier molecular flexibility index (Phi) is 5.91. The fourth-order valence-electron chi connectivity index (χ4n) is 3.04. The third-order valence-corrected chi connectivity index (χ3v) is 5.96. The first-order chi connectivity index (χ1) is 15.4. The van der Waals surface area contributed by atoms with Gasteiger partial charge in [-0.1, -0.05) is 18.2 Å². The average molecular weight is 449 g/mol. The number of benzene rings is 3. The Morgan fingerprint density at radius 1 is 0.906 bits per heavy atom. The van der Waals surface area contributed by atoms with Crippen molar-refractivity contribution < 1.29 is 18.3 Å². The number of sulfonamides is 1. The topological polar surface area (TPSA) is 113 Å². The van der Waals surface area contributed by atoms with E-state index in [2.05, 4.69) is 20.0 Å². The molecule has 0 fully saturated rings. The molecule has 162 valence electrons. The number of para-hydroxylation sites is 2. The summed E-state index contributed by atoms with van der Waals surface area (Å²) in [7, 11) is -2.36. The van der Waals surface area contributed by atoms with E-state index in [1.807, 2.05) is 0 Å². The summed E-state index contributed by atoms with van der Waals surface area (Å²) in [6, 6.07) is 21.6. The van der Waals surface area contributed by atoms with Crippen LogP contribution < -0.4 is 14.8 Å². The molecule has 1 heterocycles. The van der Waals surface area contributed by atoms with Crippen LogP contribution in [0.15, 0.2) is 90.1 Å². The minimum atomic E-state index is -3.84. The number of anilines is 3. The molecule has 0 aliphatic carbocycles. The lowest BCUT2D eigenvalue weighted by Crippen LogP contribution is -2.13. The second-order valence-corrected chi connectivity index (χ2v) is 8.48. The van der Waals surface area contributed by atoms with Gasteiger partial charge in [-0.25, -0.2) is 18.4 Å². The zero-order chi connectivity index (χ0) is 22.6. The molecule has 0 aliphatic heterocycles. The fraction of sp³-hybridized carbons (Fsp3) is 0.0435. The van der Waals surface area contributed by atoms with Crippen molar-refractivity contribution in [2.75, 3.05) is 17.1 Å². The molecule has 0 spiro atoms. The Labute approximate surface area is 185 Å². The van der Waals surface area contributed by atoms with Crippen LogP contribution in [0.25, 0.3) is 11.3 Å². The Bertz CT molecular complexity index is 1340. The number of nitrogens with one attached hydrogen (secondary N) is 2. The number of phenolic OH excluding ortho intramolecular Hbond substituents is 1. The number of rotatable bonds is 7. The molecule has 0 saturated carbocycles. The summed E-state index contributed by atoms with van der Waals surface area (Å²) in [5, 5.41) is 12.6. The molecule has 0 atom stereocenters. The molecule has 4 aromatic rings. The predicted octanol–water partition coefficient (Wildman–Crippen LogP) is 4.40. The van der Waals surface area contributed by atoms with E-state index < -0.39 is 10.0 Å². The van der Waals surface area contributed by atoms with Crippen LogP contribution in [0.4, 0.5) is 17.2 Å². The fourth-order valence-corrected chi connectivity index (χ4v) is 4.15. The first-order valence-electron chi connectivity index (χ1n) is 9.59. The van der Waals surface area contributed by atoms with Crippen LogP contribution in [0, 0.1) is 0 Å². The van der Waals surface area contributed by atoms with E-state index in [0.717, 1.165) is 5.56 Å². The number of methoxy groups -OCH3 is 1. The van der Waals surface area contributed by atoms with Gasteiger partial charge in [0.25, 0.3) is 10.0 Å². The van der Waals surface area contributed by atoms with Crippen molar-refractivity contribution in [2.45, 2.75) is 4.90 Å². The quantitative estimate of drug-likeness (QED) is 0.384. The van der Waals surface area contributed by atoms with Crippen LogP contribution in [-0.4, -0.2) is 30.6 Å². The number of hydrogen-bond acceptors (Lipinski definition) is 7. The van der Waals surface area contributed by atoms with E-state index in [9.17, 15) is 13.5 Å². The summed E-state index contributed by atoms with van der Waals surface area (Å²) in [5.74, 6) is 1.09. The molecule has 3 aromatic carbocycles. The standard InChI is InChI=1S/C23H20N4O4S/c1-31-22-8-3-2-7-20(22)27-32(29,30)19-6-4-5-17(13-19)26-23-14-21(24-15-25-23)16-9-11-18(28)12-10-16/h2-15,27-28H,1H3,(H,24,25,26). The summed E-state index contributed by atoms with van der Waals surface area (Å²) in [6.07, 6.45) is 1.41. The molecule has 0 amide bonds. The minimum absolute atomic E-state index is 0.0845. The Morgan fingerprint density at radius 2 is 1.69 bits per heavy atom. The number of nitrogens with zero attached hydrogens (tertiary/aromatic N) is 2. The minimum Gasteiger partial charge on any atom is -0.508 e. The molecule has 3 N–H and O–H groups in total. The van der Waals surface area contributed by atoms with Crippen molar-refractivity contribution in [3.63, 3.8) is 0 Å². The summed E-state index contributed by atoms with van der Waals surface area (Å²) < 4.78 is 33.6. The van der Waals surface area contributed by atoms with E-state index in [1.165, 1.54) is 25.6 Å². The number of aromatic nitrogens is 2. The summed E-state index contributed by atoms with van der Waals surface area (Å²) in [5.41, 5.74) is 2.36. The maximum Gasteiger partial charge on any atom is 0.262 e. The molecule has 0 saturated heterocycles. The van der Waals surface area contributed by atoms with Crippen LogP contribution in [0.2, 0.25) is 0 Å². The zero-order valence-electron chi connectivity index (χ0n) is 17.1. The maximum absolute atomic E-state index is 12.9. The third kappa shape index (κ3) is 4.79. The second kappa shape index (κ2) is 8.94. The van der Waals surface area contributed by atoms with Crippen LogP contribution in [0.1, 0.15) is 0 Å². The van der Waals surface area contributed by atoms with Gasteiger partial charge >= 0.3 is 0 Å². The van der Waals surface area contributed by atoms with Crippen LogP contribution >= 0.6 is 0 Å². The lowest BCUT2D eigenvalue weighted by atomic mass is 10.1. The number of aromatic hydroxyl groups is 1. The van der Waals surface area contributed by atoms with Crippen molar-refractivity contribution in [1.29, 1.82) is 0 Å². The summed E-state index contributed by atoms with van der Waals surface area (Å²) in [4.78, 5) is 8.54. The van der Waals surface area contributed by atoms with Crippen LogP contribution in [-0.2, 0) is 10.0 Å². The molecule has 0 unspecified atom stereocenters. The molecule has 0 aliphatic rings. The number of hydrogen-bond donors (Lipinski definition) is 3. The zero-order valence-corrected chi connectivity index (χ0v) is 17.9. The predicted molar refractivity (Wildman–Crippen MR) is 123 cm³/mol. The average Bonchev–Trinajstić information content (AvgIpc) is 2.80. The molecule has 0 radical (unpaired) electrons. The lowest BCUT2D eigenvalue weighted by Gasteiger charge is -2.13. The molecule has 0 bridgehead atoms. The third-order valence-electron chi connectivity index (χ3n) is 4.60. The molecule has 32 heavy (non-hydrogen) atoms. The second-order valence-electron chi connectivity index (χ2n) is 6.79. The van der Waals surface area contributed by atoms with Crippen LogP contribution in [0.5, 0.6) is 11.5 Å². The lowest BCUT2D eigenvalue weighted by molar-refractivity contribution is 0.417. The Hall–Kier alpha value is -4.11. The van der Waals surface area contributed by atoms with E-state index in [0.29, 0.717) is 28.6 Å². The summed E-state index contributed by atoms with van der Waals surface area (Å²) in [6.45, 7) is 0. The molecule has 1 aromatic heterocycles. The Morgan fingerprint density at radius 3 is 2.47 bits per heavy atom. The van der Waals surface area contributed by atoms with Crippen molar-refractivity contribution in [3.8, 4) is 22.8 Å². The highest BCUT2D eigenvalue weighted by molar-refractivity contribution is 7.92. The monoisotopic (exact) mass is 448 g/mol. The first-order valence-corrected chi connectivity index (χ1v) is 11.1. The molecule has 4 rings (SSSR count). The van der Waals surface area contributed by atoms with Crippen molar-refractivity contribution in [1.82, 2.24) is 9.97 Å². The molecule has 9 heteroatoms. The van der Waals surface area contributed by atoms with Gasteiger partial charge in [-0.15, -0.1) is 0 Å². The maximum atomic E-state index is 12.9. The van der Waals surface area contributed by atoms with Gasteiger partial charge < -0.3 is 15.2 Å². The Balaban J connectivity index is 1.57. The van der Waals surface area contributed by atoms with Gasteiger partial charge in [0.15, 0.2) is 0 Å². The van der Waals surface area contributed by atoms with Gasteiger partial charge in [-0.2, -0.15) is 0 Å². The van der Waals surface area contributed by atoms with E-state index in [4.69, 9.17) is 4.74 Å². The van der Waals surface area contributed by atoms with Crippen molar-refractivity contribution in [2.24, 2.45) is 0 Å². The van der Waals surface area contributed by atoms with E-state index in [-0.39, 0.29) is 10.6 Å². The highest BCUT2D eigenvalue weighted by Gasteiger charge is 2.17. The molecule has 8 nitrogen and oxygen atoms in total. The largest absolute Gasteiger partial charge is 0.508 e. The smallest absolute Gasteiger partial charge is 0.262 e. The van der Waals surface area contributed by atoms with Gasteiger partial charge in [-0.3, -0.25) is 4.72 Å². The van der Waals surface area contributed by atoms with E-state index in [1.54, 1.807) is 66.7 Å². The van der Waals surface area contributed by atoms with E-state index >= 15 is 0 Å². The van der Waals surface area contributed by atoms with Gasteiger partial charge in [0, 0.05) is 17.3 Å². The van der Waals surface area contributed by atoms with Crippen molar-refractivity contribution >= 4 is 27.2 Å². The van der Waals surface area contributed by atoms with Gasteiger partial charge in [-0.05, 0) is 54.6 Å². The molecular weight excluding hydrogens is 428 g/mol. The van der Waals surface area contributed by atoms with Gasteiger partial charge in [0.2, 0.25) is 0 Å². The number of phenols is 1.